The van der Waals surface area contributed by atoms with Crippen LogP contribution in [0.3, 0.4) is 0 Å². The van der Waals surface area contributed by atoms with Gasteiger partial charge in [-0.1, -0.05) is 12.1 Å². The Kier molecular flexibility index (Phi) is 17.7. The number of halogens is 1. The van der Waals surface area contributed by atoms with Crippen LogP contribution in [-0.2, 0) is 36.9 Å². The van der Waals surface area contributed by atoms with Crippen LogP contribution >= 0.6 is 12.4 Å². The zero-order chi connectivity index (χ0) is 44.5. The molecule has 64 heavy (non-hydrogen) atoms. The third-order valence-corrected chi connectivity index (χ3v) is 14.7. The lowest BCUT2D eigenvalue weighted by atomic mass is 9.85. The number of rotatable bonds is 12. The van der Waals surface area contributed by atoms with Gasteiger partial charge < -0.3 is 33.9 Å². The highest BCUT2D eigenvalue weighted by Gasteiger charge is 2.44. The fourth-order valence-corrected chi connectivity index (χ4v) is 11.5. The monoisotopic (exact) mass is 909 g/mol. The van der Waals surface area contributed by atoms with Crippen LogP contribution in [-0.4, -0.2) is 114 Å². The van der Waals surface area contributed by atoms with E-state index in [0.717, 1.165) is 122 Å². The van der Waals surface area contributed by atoms with Crippen molar-refractivity contribution in [3.8, 4) is 11.5 Å². The molecule has 4 heterocycles. The van der Waals surface area contributed by atoms with Crippen molar-refractivity contribution in [2.24, 2.45) is 0 Å². The smallest absolute Gasteiger partial charge is 0.410 e. The van der Waals surface area contributed by atoms with E-state index in [1.807, 2.05) is 25.7 Å². The first-order chi connectivity index (χ1) is 30.3. The van der Waals surface area contributed by atoms with Crippen molar-refractivity contribution in [3.63, 3.8) is 0 Å². The Bertz CT molecular complexity index is 1810. The molecule has 8 rings (SSSR count). The van der Waals surface area contributed by atoms with E-state index in [4.69, 9.17) is 23.7 Å². The molecular formula is C51H77ClN4O8. The minimum Gasteiger partial charge on any atom is -0.490 e. The number of carbonyl (C=O) groups is 3. The lowest BCUT2D eigenvalue weighted by molar-refractivity contribution is -0.136. The van der Waals surface area contributed by atoms with Crippen LogP contribution in [0.5, 0.6) is 11.5 Å². The zero-order valence-electron chi connectivity index (χ0n) is 39.4. The molecule has 6 fully saturated rings. The SMILES string of the molecule is Cc1cc(CN2CCCC23CCN(C(=O)OC(C)(C)C)CC3)cc(OC2CCC(OC=O)CC2)c1.Cc1cc(CN2CCCC23CCNCC3)cc(OC2CCC(OC=O)CC2)c1.Cl. The lowest BCUT2D eigenvalue weighted by Crippen LogP contribution is -2.53. The van der Waals surface area contributed by atoms with E-state index in [0.29, 0.717) is 18.5 Å². The second-order valence-electron chi connectivity index (χ2n) is 20.5. The van der Waals surface area contributed by atoms with Gasteiger partial charge in [0.15, 0.2) is 0 Å². The highest BCUT2D eigenvalue weighted by Crippen LogP contribution is 2.41. The summed E-state index contributed by atoms with van der Waals surface area (Å²) in [6.45, 7) is 19.2. The molecule has 0 atom stereocenters. The average molecular weight is 910 g/mol. The Morgan fingerprint density at radius 2 is 1.05 bits per heavy atom. The molecule has 1 amide bonds. The van der Waals surface area contributed by atoms with Crippen LogP contribution in [0.4, 0.5) is 4.79 Å². The average Bonchev–Trinajstić information content (AvgIpc) is 3.80. The van der Waals surface area contributed by atoms with Crippen molar-refractivity contribution in [1.29, 1.82) is 0 Å². The van der Waals surface area contributed by atoms with Crippen LogP contribution in [0.2, 0.25) is 0 Å². The Morgan fingerprint density at radius 1 is 0.625 bits per heavy atom. The molecule has 0 aromatic heterocycles. The normalized spacial score (nSPS) is 25.7. The second-order valence-corrected chi connectivity index (χ2v) is 20.5. The van der Waals surface area contributed by atoms with Crippen molar-refractivity contribution >= 4 is 31.4 Å². The topological polar surface area (TPSA) is 119 Å². The van der Waals surface area contributed by atoms with Crippen LogP contribution in [0.15, 0.2) is 36.4 Å². The molecule has 356 valence electrons. The van der Waals surface area contributed by atoms with Crippen LogP contribution < -0.4 is 14.8 Å². The molecule has 2 aromatic carbocycles. The molecule has 2 saturated carbocycles. The quantitative estimate of drug-likeness (QED) is 0.162. The van der Waals surface area contributed by atoms with Crippen LogP contribution in [0.25, 0.3) is 0 Å². The number of ether oxygens (including phenoxy) is 5. The molecule has 0 unspecified atom stereocenters. The number of nitrogens with zero attached hydrogens (tertiary/aromatic N) is 3. The van der Waals surface area contributed by atoms with E-state index >= 15 is 0 Å². The van der Waals surface area contributed by atoms with Gasteiger partial charge >= 0.3 is 6.09 Å². The van der Waals surface area contributed by atoms with E-state index in [1.165, 1.54) is 67.3 Å². The minimum absolute atomic E-state index is 0. The van der Waals surface area contributed by atoms with Gasteiger partial charge in [-0.15, -0.1) is 12.4 Å². The van der Waals surface area contributed by atoms with Crippen molar-refractivity contribution in [2.45, 2.75) is 192 Å². The molecule has 4 saturated heterocycles. The van der Waals surface area contributed by atoms with E-state index in [-0.39, 0.29) is 48.5 Å². The van der Waals surface area contributed by atoms with Crippen molar-refractivity contribution < 1.29 is 38.1 Å². The predicted octanol–water partition coefficient (Wildman–Crippen LogP) is 9.22. The van der Waals surface area contributed by atoms with Gasteiger partial charge in [-0.05, 0) is 210 Å². The summed E-state index contributed by atoms with van der Waals surface area (Å²) < 4.78 is 28.5. The summed E-state index contributed by atoms with van der Waals surface area (Å²) in [5.41, 5.74) is 5.25. The number of piperidine rings is 2. The number of hydrogen-bond acceptors (Lipinski definition) is 11. The molecule has 0 radical (unpaired) electrons. The summed E-state index contributed by atoms with van der Waals surface area (Å²) in [5.74, 6) is 1.93. The van der Waals surface area contributed by atoms with Gasteiger partial charge in [-0.25, -0.2) is 4.79 Å². The van der Waals surface area contributed by atoms with Gasteiger partial charge in [0, 0.05) is 37.3 Å². The van der Waals surface area contributed by atoms with Gasteiger partial charge in [0.2, 0.25) is 0 Å². The maximum Gasteiger partial charge on any atom is 0.410 e. The summed E-state index contributed by atoms with van der Waals surface area (Å²) in [5, 5.41) is 3.52. The summed E-state index contributed by atoms with van der Waals surface area (Å²) in [4.78, 5) is 40.9. The standard InChI is InChI=1S/C28H42N2O5.C23H34N2O3.ClH/c1-21-16-22(18-25(17-21)34-24-8-6-23(7-9-24)33-20-31)19-30-13-5-10-28(30)11-14-29(15-12-28)26(32)35-27(2,3)4;1-18-13-19(16-25-12-2-7-23(25)8-10-24-11-9-23)15-22(14-18)28-21-5-3-20(4-6-21)27-17-26;/h16-18,20,23-24H,5-15,19H2,1-4H3;13-15,17,20-21,24H,2-12,16H2,1H3;1H. The number of carbonyl (C=O) groups excluding carboxylic acids is 3. The first-order valence-electron chi connectivity index (χ1n) is 24.2. The molecule has 1 N–H and O–H groups in total. The summed E-state index contributed by atoms with van der Waals surface area (Å²) in [6.07, 6.45) is 17.1. The van der Waals surface area contributed by atoms with E-state index < -0.39 is 5.60 Å². The first-order valence-corrected chi connectivity index (χ1v) is 24.2. The Labute approximate surface area is 389 Å². The van der Waals surface area contributed by atoms with Gasteiger partial charge in [-0.3, -0.25) is 19.4 Å². The zero-order valence-corrected chi connectivity index (χ0v) is 40.2. The number of amides is 1. The van der Waals surface area contributed by atoms with Gasteiger partial charge in [0.25, 0.3) is 12.9 Å². The largest absolute Gasteiger partial charge is 0.490 e. The number of benzene rings is 2. The molecule has 2 spiro atoms. The van der Waals surface area contributed by atoms with Crippen molar-refractivity contribution in [3.05, 3.63) is 58.7 Å². The number of nitrogens with one attached hydrogen (secondary N) is 1. The Morgan fingerprint density at radius 3 is 1.47 bits per heavy atom. The Balaban J connectivity index is 0.000000214. The number of likely N-dealkylation sites (tertiary alicyclic amines) is 3. The predicted molar refractivity (Wildman–Crippen MR) is 251 cm³/mol. The molecule has 12 nitrogen and oxygen atoms in total. The summed E-state index contributed by atoms with van der Waals surface area (Å²) >= 11 is 0. The minimum atomic E-state index is -0.459. The third-order valence-electron chi connectivity index (χ3n) is 14.7. The van der Waals surface area contributed by atoms with Crippen LogP contribution in [0, 0.1) is 13.8 Å². The van der Waals surface area contributed by atoms with E-state index in [2.05, 4.69) is 65.4 Å². The highest BCUT2D eigenvalue weighted by atomic mass is 35.5. The molecular weight excluding hydrogens is 832 g/mol. The van der Waals surface area contributed by atoms with Crippen LogP contribution in [0.1, 0.15) is 146 Å². The molecule has 6 aliphatic rings. The number of aryl methyl sites for hydroxylation is 2. The van der Waals surface area contributed by atoms with Gasteiger partial charge in [-0.2, -0.15) is 0 Å². The first kappa shape index (κ1) is 49.8. The van der Waals surface area contributed by atoms with E-state index in [1.54, 1.807) is 0 Å². The number of hydrogen-bond donors (Lipinski definition) is 1. The van der Waals surface area contributed by atoms with Crippen molar-refractivity contribution in [2.75, 3.05) is 39.3 Å². The lowest BCUT2D eigenvalue weighted by Gasteiger charge is -2.45. The molecule has 0 bridgehead atoms. The molecule has 2 aliphatic carbocycles. The maximum atomic E-state index is 12.5. The van der Waals surface area contributed by atoms with Gasteiger partial charge in [0.1, 0.15) is 29.3 Å². The highest BCUT2D eigenvalue weighted by molar-refractivity contribution is 5.85. The fourth-order valence-electron chi connectivity index (χ4n) is 11.5. The molecule has 13 heteroatoms. The summed E-state index contributed by atoms with van der Waals surface area (Å²) in [7, 11) is 0. The third kappa shape index (κ3) is 13.5. The fraction of sp³-hybridized carbons (Fsp3) is 0.706. The van der Waals surface area contributed by atoms with Gasteiger partial charge in [0.05, 0.1) is 12.2 Å². The molecule has 2 aromatic rings. The Hall–Kier alpha value is -3.58. The van der Waals surface area contributed by atoms with Crippen molar-refractivity contribution in [1.82, 2.24) is 20.0 Å². The second kappa shape index (κ2) is 22.7. The molecule has 4 aliphatic heterocycles. The summed E-state index contributed by atoms with van der Waals surface area (Å²) in [6, 6.07) is 13.3. The van der Waals surface area contributed by atoms with E-state index in [9.17, 15) is 14.4 Å². The maximum absolute atomic E-state index is 12.5.